The molecule has 0 amide bonds. The number of hydrogen-bond acceptors (Lipinski definition) is 1. The molecule has 0 spiro atoms. The third kappa shape index (κ3) is 1.82. The molecule has 16 heavy (non-hydrogen) atoms. The molecule has 1 fully saturated rings. The maximum atomic E-state index is 12.6. The van der Waals surface area contributed by atoms with Crippen molar-refractivity contribution in [2.24, 2.45) is 5.73 Å². The molecule has 4 heteroatoms. The minimum atomic E-state index is -4.27. The lowest BCUT2D eigenvalue weighted by molar-refractivity contribution is -0.137. The van der Waals surface area contributed by atoms with Crippen LogP contribution < -0.4 is 5.73 Å². The van der Waals surface area contributed by atoms with E-state index in [2.05, 4.69) is 0 Å². The minimum absolute atomic E-state index is 0.207. The Morgan fingerprint density at radius 2 is 1.94 bits per heavy atom. The fourth-order valence-electron chi connectivity index (χ4n) is 2.24. The van der Waals surface area contributed by atoms with E-state index in [1.807, 2.05) is 0 Å². The molecule has 1 aromatic rings. The molecule has 0 bridgehead atoms. The quantitative estimate of drug-likeness (QED) is 0.828. The zero-order chi connectivity index (χ0) is 11.8. The van der Waals surface area contributed by atoms with Crippen LogP contribution in [0.2, 0.25) is 0 Å². The van der Waals surface area contributed by atoms with E-state index in [1.165, 1.54) is 12.1 Å². The average Bonchev–Trinajstić information content (AvgIpc) is 2.16. The first-order valence-corrected chi connectivity index (χ1v) is 5.36. The highest BCUT2D eigenvalue weighted by atomic mass is 19.4. The molecular weight excluding hydrogens is 215 g/mol. The number of halogens is 3. The van der Waals surface area contributed by atoms with Crippen molar-refractivity contribution in [1.82, 2.24) is 0 Å². The summed E-state index contributed by atoms with van der Waals surface area (Å²) in [6, 6.07) is 5.56. The van der Waals surface area contributed by atoms with Gasteiger partial charge >= 0.3 is 6.18 Å². The van der Waals surface area contributed by atoms with Crippen LogP contribution in [0.1, 0.15) is 30.4 Å². The predicted octanol–water partition coefficient (Wildman–Crippen LogP) is 3.09. The van der Waals surface area contributed by atoms with Crippen LogP contribution >= 0.6 is 0 Å². The molecule has 88 valence electrons. The minimum Gasteiger partial charge on any atom is -0.330 e. The van der Waals surface area contributed by atoms with Crippen molar-refractivity contribution in [2.45, 2.75) is 30.9 Å². The molecule has 1 aliphatic rings. The van der Waals surface area contributed by atoms with Gasteiger partial charge < -0.3 is 5.73 Å². The molecule has 0 saturated heterocycles. The molecule has 1 aliphatic carbocycles. The normalized spacial score (nSPS) is 19.2. The Bertz CT molecular complexity index is 375. The van der Waals surface area contributed by atoms with Crippen LogP contribution in [0.15, 0.2) is 24.3 Å². The Kier molecular flexibility index (Phi) is 2.70. The van der Waals surface area contributed by atoms with E-state index in [0.717, 1.165) is 30.9 Å². The Labute approximate surface area is 92.5 Å². The number of rotatable bonds is 2. The number of alkyl halides is 3. The Balaban J connectivity index is 2.36. The van der Waals surface area contributed by atoms with Crippen molar-refractivity contribution in [1.29, 1.82) is 0 Å². The van der Waals surface area contributed by atoms with Crippen LogP contribution in [0, 0.1) is 0 Å². The van der Waals surface area contributed by atoms with Gasteiger partial charge in [0.1, 0.15) is 0 Å². The van der Waals surface area contributed by atoms with Gasteiger partial charge in [-0.2, -0.15) is 13.2 Å². The van der Waals surface area contributed by atoms with Gasteiger partial charge in [0, 0.05) is 12.0 Å². The van der Waals surface area contributed by atoms with E-state index in [9.17, 15) is 13.2 Å². The topological polar surface area (TPSA) is 26.0 Å². The van der Waals surface area contributed by atoms with Crippen LogP contribution in [0.25, 0.3) is 0 Å². The Morgan fingerprint density at radius 3 is 2.38 bits per heavy atom. The van der Waals surface area contributed by atoms with Crippen molar-refractivity contribution in [3.05, 3.63) is 35.4 Å². The molecule has 0 aliphatic heterocycles. The van der Waals surface area contributed by atoms with Gasteiger partial charge in [-0.1, -0.05) is 24.6 Å². The van der Waals surface area contributed by atoms with Crippen molar-refractivity contribution < 1.29 is 13.2 Å². The largest absolute Gasteiger partial charge is 0.416 e. The molecule has 0 radical (unpaired) electrons. The SMILES string of the molecule is NCC1(c2cccc(C(F)(F)F)c2)CCC1. The summed E-state index contributed by atoms with van der Waals surface area (Å²) in [6.45, 7) is 0.425. The van der Waals surface area contributed by atoms with Gasteiger partial charge in [-0.3, -0.25) is 0 Å². The summed E-state index contributed by atoms with van der Waals surface area (Å²) in [6.07, 6.45) is -1.43. The molecule has 0 atom stereocenters. The van der Waals surface area contributed by atoms with E-state index in [-0.39, 0.29) is 5.41 Å². The van der Waals surface area contributed by atoms with Crippen LogP contribution in [0.5, 0.6) is 0 Å². The highest BCUT2D eigenvalue weighted by Crippen LogP contribution is 2.44. The first-order valence-electron chi connectivity index (χ1n) is 5.36. The number of nitrogens with two attached hydrogens (primary N) is 1. The Hall–Kier alpha value is -1.03. The molecule has 2 rings (SSSR count). The van der Waals surface area contributed by atoms with E-state index in [0.29, 0.717) is 6.54 Å². The first-order chi connectivity index (χ1) is 7.48. The second-order valence-corrected chi connectivity index (χ2v) is 4.42. The lowest BCUT2D eigenvalue weighted by Gasteiger charge is -2.41. The average molecular weight is 229 g/mol. The van der Waals surface area contributed by atoms with Crippen LogP contribution in [0.4, 0.5) is 13.2 Å². The zero-order valence-corrected chi connectivity index (χ0v) is 8.85. The summed E-state index contributed by atoms with van der Waals surface area (Å²) in [5.74, 6) is 0. The maximum absolute atomic E-state index is 12.6. The zero-order valence-electron chi connectivity index (χ0n) is 8.85. The smallest absolute Gasteiger partial charge is 0.330 e. The molecule has 1 saturated carbocycles. The van der Waals surface area contributed by atoms with E-state index in [4.69, 9.17) is 5.73 Å². The summed E-state index contributed by atoms with van der Waals surface area (Å²) in [7, 11) is 0. The molecule has 1 aromatic carbocycles. The standard InChI is InChI=1S/C12H14F3N/c13-12(14,15)10-4-1-3-9(7-10)11(8-16)5-2-6-11/h1,3-4,7H,2,5-6,8,16H2. The summed E-state index contributed by atoms with van der Waals surface area (Å²) in [4.78, 5) is 0. The van der Waals surface area contributed by atoms with E-state index < -0.39 is 11.7 Å². The number of benzene rings is 1. The first kappa shape index (κ1) is 11.5. The van der Waals surface area contributed by atoms with Gasteiger partial charge in [0.05, 0.1) is 5.56 Å². The van der Waals surface area contributed by atoms with Gasteiger partial charge in [-0.15, -0.1) is 0 Å². The molecule has 2 N–H and O–H groups in total. The molecular formula is C12H14F3N. The second kappa shape index (κ2) is 3.77. The van der Waals surface area contributed by atoms with E-state index >= 15 is 0 Å². The maximum Gasteiger partial charge on any atom is 0.416 e. The van der Waals surface area contributed by atoms with E-state index in [1.54, 1.807) is 6.07 Å². The monoisotopic (exact) mass is 229 g/mol. The van der Waals surface area contributed by atoms with Crippen LogP contribution in [-0.4, -0.2) is 6.54 Å². The summed E-state index contributed by atoms with van der Waals surface area (Å²) >= 11 is 0. The van der Waals surface area contributed by atoms with Gasteiger partial charge in [0.15, 0.2) is 0 Å². The summed E-state index contributed by atoms with van der Waals surface area (Å²) in [5.41, 5.74) is 5.63. The lowest BCUT2D eigenvalue weighted by atomic mass is 9.64. The highest BCUT2D eigenvalue weighted by molar-refractivity contribution is 5.33. The van der Waals surface area contributed by atoms with Gasteiger partial charge in [0.25, 0.3) is 0 Å². The molecule has 0 aromatic heterocycles. The highest BCUT2D eigenvalue weighted by Gasteiger charge is 2.39. The second-order valence-electron chi connectivity index (χ2n) is 4.42. The van der Waals surface area contributed by atoms with Gasteiger partial charge in [0.2, 0.25) is 0 Å². The lowest BCUT2D eigenvalue weighted by Crippen LogP contribution is -2.41. The third-order valence-corrected chi connectivity index (χ3v) is 3.50. The fraction of sp³-hybridized carbons (Fsp3) is 0.500. The predicted molar refractivity (Wildman–Crippen MR) is 56.0 cm³/mol. The van der Waals surface area contributed by atoms with Gasteiger partial charge in [-0.05, 0) is 24.5 Å². The van der Waals surface area contributed by atoms with Crippen molar-refractivity contribution in [2.75, 3.05) is 6.54 Å². The molecule has 1 nitrogen and oxygen atoms in total. The molecule has 0 heterocycles. The Morgan fingerprint density at radius 1 is 1.25 bits per heavy atom. The summed E-state index contributed by atoms with van der Waals surface area (Å²) < 4.78 is 37.7. The van der Waals surface area contributed by atoms with Crippen molar-refractivity contribution in [3.8, 4) is 0 Å². The fourth-order valence-corrected chi connectivity index (χ4v) is 2.24. The third-order valence-electron chi connectivity index (χ3n) is 3.50. The van der Waals surface area contributed by atoms with Gasteiger partial charge in [-0.25, -0.2) is 0 Å². The van der Waals surface area contributed by atoms with Crippen LogP contribution in [-0.2, 0) is 11.6 Å². The molecule has 0 unspecified atom stereocenters. The van der Waals surface area contributed by atoms with Crippen molar-refractivity contribution in [3.63, 3.8) is 0 Å². The van der Waals surface area contributed by atoms with Crippen molar-refractivity contribution >= 4 is 0 Å². The van der Waals surface area contributed by atoms with Crippen LogP contribution in [0.3, 0.4) is 0 Å². The summed E-state index contributed by atoms with van der Waals surface area (Å²) in [5, 5.41) is 0. The number of hydrogen-bond donors (Lipinski definition) is 1.